The van der Waals surface area contributed by atoms with Crippen molar-refractivity contribution in [2.24, 2.45) is 22.7 Å². The third-order valence-corrected chi connectivity index (χ3v) is 6.59. The minimum atomic E-state index is -1.34. The topological polar surface area (TPSA) is 0 Å². The zero-order valence-electron chi connectivity index (χ0n) is 19.4. The van der Waals surface area contributed by atoms with E-state index in [1.54, 1.807) is 20.8 Å². The molecular weight excluding hydrogens is 357 g/mol. The molecule has 0 saturated heterocycles. The molecule has 0 saturated carbocycles. The maximum absolute atomic E-state index is 15.7. The summed E-state index contributed by atoms with van der Waals surface area (Å²) in [5.74, 6) is -1.40. The Kier molecular flexibility index (Phi) is 5.94. The molecule has 0 spiro atoms. The van der Waals surface area contributed by atoms with Gasteiger partial charge in [0.2, 0.25) is 0 Å². The SMILES string of the molecule is CC1=C(C2=C(C)C(F)=C(C(C)(C)C)C(C)C2F)C(C)C(F)C(C(C)(C)C)=C1C. The fourth-order valence-electron chi connectivity index (χ4n) is 5.26. The molecule has 0 radical (unpaired) electrons. The van der Waals surface area contributed by atoms with Gasteiger partial charge in [0.25, 0.3) is 0 Å². The average molecular weight is 395 g/mol. The monoisotopic (exact) mass is 394 g/mol. The Bertz CT molecular complexity index is 723. The second kappa shape index (κ2) is 7.22. The highest BCUT2D eigenvalue weighted by Crippen LogP contribution is 2.52. The van der Waals surface area contributed by atoms with Crippen LogP contribution in [0.5, 0.6) is 0 Å². The van der Waals surface area contributed by atoms with Gasteiger partial charge in [0.15, 0.2) is 0 Å². The first-order valence-corrected chi connectivity index (χ1v) is 10.4. The van der Waals surface area contributed by atoms with Crippen LogP contribution in [0, 0.1) is 22.7 Å². The van der Waals surface area contributed by atoms with Crippen LogP contribution in [0.15, 0.2) is 44.8 Å². The van der Waals surface area contributed by atoms with Crippen LogP contribution in [0.1, 0.15) is 76.2 Å². The van der Waals surface area contributed by atoms with Gasteiger partial charge in [0.1, 0.15) is 18.2 Å². The Labute approximate surface area is 169 Å². The molecule has 0 nitrogen and oxygen atoms in total. The van der Waals surface area contributed by atoms with E-state index in [9.17, 15) is 0 Å². The number of alkyl halides is 2. The third kappa shape index (κ3) is 3.55. The molecule has 0 aromatic rings. The van der Waals surface area contributed by atoms with Crippen molar-refractivity contribution in [1.82, 2.24) is 0 Å². The molecule has 0 amide bonds. The van der Waals surface area contributed by atoms with Gasteiger partial charge >= 0.3 is 0 Å². The van der Waals surface area contributed by atoms with Crippen LogP contribution in [-0.4, -0.2) is 12.3 Å². The molecule has 0 aromatic heterocycles. The smallest absolute Gasteiger partial charge is 0.132 e. The van der Waals surface area contributed by atoms with Crippen molar-refractivity contribution in [2.75, 3.05) is 0 Å². The van der Waals surface area contributed by atoms with E-state index in [0.717, 1.165) is 16.7 Å². The Hall–Kier alpha value is -1.25. The lowest BCUT2D eigenvalue weighted by Gasteiger charge is -2.42. The van der Waals surface area contributed by atoms with Gasteiger partial charge in [-0.25, -0.2) is 13.2 Å². The molecule has 0 aliphatic heterocycles. The highest BCUT2D eigenvalue weighted by Gasteiger charge is 2.44. The van der Waals surface area contributed by atoms with Crippen molar-refractivity contribution in [2.45, 2.75) is 88.5 Å². The quantitative estimate of drug-likeness (QED) is 0.420. The summed E-state index contributed by atoms with van der Waals surface area (Å²) in [4.78, 5) is 0. The zero-order chi connectivity index (χ0) is 21.9. The normalized spacial score (nSPS) is 30.6. The molecule has 2 aliphatic carbocycles. The molecular formula is C25H37F3. The van der Waals surface area contributed by atoms with Crippen molar-refractivity contribution >= 4 is 0 Å². The molecule has 2 rings (SSSR count). The molecule has 0 aromatic carbocycles. The lowest BCUT2D eigenvalue weighted by Crippen LogP contribution is -2.36. The van der Waals surface area contributed by atoms with Crippen LogP contribution >= 0.6 is 0 Å². The Morgan fingerprint density at radius 2 is 1.07 bits per heavy atom. The first kappa shape index (κ1) is 23.0. The van der Waals surface area contributed by atoms with Gasteiger partial charge in [-0.15, -0.1) is 0 Å². The highest BCUT2D eigenvalue weighted by atomic mass is 19.1. The average Bonchev–Trinajstić information content (AvgIpc) is 2.52. The van der Waals surface area contributed by atoms with Crippen molar-refractivity contribution in [3.05, 3.63) is 44.8 Å². The lowest BCUT2D eigenvalue weighted by molar-refractivity contribution is 0.239. The first-order chi connectivity index (χ1) is 12.5. The Morgan fingerprint density at radius 1 is 0.607 bits per heavy atom. The third-order valence-electron chi connectivity index (χ3n) is 6.59. The minimum absolute atomic E-state index is 0.312. The second-order valence-electron chi connectivity index (χ2n) is 10.7. The Morgan fingerprint density at radius 3 is 1.50 bits per heavy atom. The molecule has 0 bridgehead atoms. The molecule has 0 heterocycles. The maximum atomic E-state index is 15.7. The minimum Gasteiger partial charge on any atom is -0.242 e. The van der Waals surface area contributed by atoms with Gasteiger partial charge in [0.05, 0.1) is 0 Å². The maximum Gasteiger partial charge on any atom is 0.132 e. The zero-order valence-corrected chi connectivity index (χ0v) is 19.4. The summed E-state index contributed by atoms with van der Waals surface area (Å²) in [5.41, 5.74) is 3.62. The van der Waals surface area contributed by atoms with E-state index in [1.807, 2.05) is 55.4 Å². The van der Waals surface area contributed by atoms with Gasteiger partial charge in [-0.05, 0) is 70.6 Å². The van der Waals surface area contributed by atoms with E-state index in [0.29, 0.717) is 22.3 Å². The van der Waals surface area contributed by atoms with Crippen molar-refractivity contribution in [1.29, 1.82) is 0 Å². The van der Waals surface area contributed by atoms with E-state index in [2.05, 4.69) is 0 Å². The highest BCUT2D eigenvalue weighted by molar-refractivity contribution is 5.59. The summed E-state index contributed by atoms with van der Waals surface area (Å²) < 4.78 is 46.7. The van der Waals surface area contributed by atoms with E-state index in [1.165, 1.54) is 0 Å². The van der Waals surface area contributed by atoms with Crippen molar-refractivity contribution in [3.63, 3.8) is 0 Å². The van der Waals surface area contributed by atoms with Crippen LogP contribution in [-0.2, 0) is 0 Å². The van der Waals surface area contributed by atoms with E-state index in [4.69, 9.17) is 0 Å². The second-order valence-corrected chi connectivity index (χ2v) is 10.7. The first-order valence-electron chi connectivity index (χ1n) is 10.4. The summed E-state index contributed by atoms with van der Waals surface area (Å²) in [6.45, 7) is 20.8. The van der Waals surface area contributed by atoms with Crippen LogP contribution in [0.25, 0.3) is 0 Å². The summed E-state index contributed by atoms with van der Waals surface area (Å²) in [5, 5.41) is 0. The van der Waals surface area contributed by atoms with E-state index >= 15 is 13.2 Å². The van der Waals surface area contributed by atoms with Gasteiger partial charge in [-0.1, -0.05) is 55.4 Å². The lowest BCUT2D eigenvalue weighted by atomic mass is 9.65. The molecule has 4 unspecified atom stereocenters. The van der Waals surface area contributed by atoms with Crippen LogP contribution < -0.4 is 0 Å². The van der Waals surface area contributed by atoms with Crippen LogP contribution in [0.2, 0.25) is 0 Å². The predicted molar refractivity (Wildman–Crippen MR) is 113 cm³/mol. The van der Waals surface area contributed by atoms with Gasteiger partial charge < -0.3 is 0 Å². The Balaban J connectivity index is 2.82. The van der Waals surface area contributed by atoms with Gasteiger partial charge in [-0.3, -0.25) is 0 Å². The number of allylic oxidation sites excluding steroid dienone is 8. The molecule has 0 N–H and O–H groups in total. The summed E-state index contributed by atoms with van der Waals surface area (Å²) >= 11 is 0. The fraction of sp³-hybridized carbons (Fsp3) is 0.680. The van der Waals surface area contributed by atoms with E-state index in [-0.39, 0.29) is 11.2 Å². The van der Waals surface area contributed by atoms with Crippen molar-refractivity contribution < 1.29 is 13.2 Å². The van der Waals surface area contributed by atoms with Crippen LogP contribution in [0.4, 0.5) is 13.2 Å². The summed E-state index contributed by atoms with van der Waals surface area (Å²) in [6.07, 6.45) is -2.53. The fourth-order valence-corrected chi connectivity index (χ4v) is 5.26. The van der Waals surface area contributed by atoms with Crippen molar-refractivity contribution in [3.8, 4) is 0 Å². The van der Waals surface area contributed by atoms with Crippen LogP contribution in [0.3, 0.4) is 0 Å². The standard InChI is InChI=1S/C25H37F3/c1-12-13(2)19(24(6,7)8)22(27)14(3)17(12)18-15(4)23(28)20(25(9,10)11)16(5)21(18)26/h14,16,21-22H,1-11H3. The predicted octanol–water partition coefficient (Wildman–Crippen LogP) is 8.23. The largest absolute Gasteiger partial charge is 0.242 e. The molecule has 3 heteroatoms. The molecule has 2 aliphatic rings. The molecule has 0 fully saturated rings. The molecule has 28 heavy (non-hydrogen) atoms. The number of hydrogen-bond donors (Lipinski definition) is 0. The van der Waals surface area contributed by atoms with Gasteiger partial charge in [-0.2, -0.15) is 0 Å². The number of rotatable bonds is 1. The van der Waals surface area contributed by atoms with Gasteiger partial charge in [0, 0.05) is 11.8 Å². The number of halogens is 3. The number of hydrogen-bond acceptors (Lipinski definition) is 0. The molecule has 158 valence electrons. The summed E-state index contributed by atoms with van der Waals surface area (Å²) in [6, 6.07) is 0. The van der Waals surface area contributed by atoms with E-state index < -0.39 is 29.6 Å². The summed E-state index contributed by atoms with van der Waals surface area (Å²) in [7, 11) is 0. The molecule has 4 atom stereocenters.